The van der Waals surface area contributed by atoms with E-state index in [4.69, 9.17) is 0 Å². The topological polar surface area (TPSA) is 23.6 Å². The molecule has 0 bridgehead atoms. The van der Waals surface area contributed by atoms with Gasteiger partial charge in [-0.25, -0.2) is 0 Å². The Morgan fingerprint density at radius 3 is 2.36 bits per heavy atom. The van der Waals surface area contributed by atoms with E-state index >= 15 is 0 Å². The van der Waals surface area contributed by atoms with Crippen LogP contribution in [0.15, 0.2) is 0 Å². The van der Waals surface area contributed by atoms with Gasteiger partial charge in [-0.3, -0.25) is 0 Å². The number of carbonyl (C=O) groups is 1. The quantitative estimate of drug-likeness (QED) is 0.621. The monoisotopic (exact) mass is 191 g/mol. The summed E-state index contributed by atoms with van der Waals surface area (Å²) in [7, 11) is 0. The van der Waals surface area contributed by atoms with Crippen molar-refractivity contribution in [3.8, 4) is 0 Å². The van der Waals surface area contributed by atoms with Crippen LogP contribution in [-0.2, 0) is 17.0 Å². The first-order chi connectivity index (χ1) is 5.20. The number of carbonyl (C=O) groups excluding carboxylic acids is 1. The second-order valence-electron chi connectivity index (χ2n) is 2.46. The molecule has 0 N–H and O–H groups in total. The van der Waals surface area contributed by atoms with E-state index in [1.165, 1.54) is 0 Å². The van der Waals surface area contributed by atoms with Crippen LogP contribution >= 0.6 is 0 Å². The maximum absolute atomic E-state index is 11.4. The van der Waals surface area contributed by atoms with E-state index in [2.05, 4.69) is 17.0 Å². The molecule has 1 rings (SSSR count). The fourth-order valence-electron chi connectivity index (χ4n) is 1.17. The van der Waals surface area contributed by atoms with Gasteiger partial charge in [-0.2, -0.15) is 0 Å². The van der Waals surface area contributed by atoms with Crippen molar-refractivity contribution in [3.05, 3.63) is 0 Å². The molecule has 0 aliphatic carbocycles. The zero-order valence-corrected chi connectivity index (χ0v) is 8.27. The first-order valence-electron chi connectivity index (χ1n) is 3.82. The van der Waals surface area contributed by atoms with E-state index in [0.29, 0.717) is 0 Å². The Morgan fingerprint density at radius 2 is 2.09 bits per heavy atom. The molecular weight excluding hydrogens is 179 g/mol. The molecule has 1 fully saturated rings. The van der Waals surface area contributed by atoms with Crippen molar-refractivity contribution in [2.75, 3.05) is 19.6 Å². The van der Waals surface area contributed by atoms with Gasteiger partial charge < -0.3 is 0 Å². The third kappa shape index (κ3) is 1.49. The number of likely N-dealkylation sites (N-methyl/N-ethyl adjacent to an activating group) is 2. The van der Waals surface area contributed by atoms with Gasteiger partial charge >= 0.3 is 75.4 Å². The second-order valence-corrected chi connectivity index (χ2v) is 3.26. The summed E-state index contributed by atoms with van der Waals surface area (Å²) in [5.41, 5.74) is 0. The molecule has 11 heavy (non-hydrogen) atoms. The molecule has 0 aromatic rings. The molecule has 4 heteroatoms. The minimum absolute atomic E-state index is 0.144. The Labute approximate surface area is 75.8 Å². The van der Waals surface area contributed by atoms with Crippen LogP contribution in [0.1, 0.15) is 13.8 Å². The molecule has 61 valence electrons. The van der Waals surface area contributed by atoms with Crippen molar-refractivity contribution in [2.45, 2.75) is 13.8 Å². The summed E-state index contributed by atoms with van der Waals surface area (Å²) in [6, 6.07) is 0.144. The molecule has 2 amide bonds. The van der Waals surface area contributed by atoms with E-state index in [0.717, 1.165) is 24.0 Å². The molecule has 3 nitrogen and oxygen atoms in total. The van der Waals surface area contributed by atoms with E-state index in [-0.39, 0.29) is 6.03 Å². The third-order valence-corrected chi connectivity index (χ3v) is 2.44. The molecule has 0 atom stereocenters. The van der Waals surface area contributed by atoms with E-state index < -0.39 is 0 Å². The predicted octanol–water partition coefficient (Wildman–Crippen LogP) is 0.441. The number of amides is 2. The van der Waals surface area contributed by atoms with Crippen molar-refractivity contribution >= 4 is 10.4 Å². The van der Waals surface area contributed by atoms with Gasteiger partial charge in [-0.15, -0.1) is 0 Å². The minimum atomic E-state index is 0.144. The fourth-order valence-corrected chi connectivity index (χ4v) is 1.79. The summed E-state index contributed by atoms with van der Waals surface area (Å²) in [4.78, 5) is 15.0. The molecule has 1 aliphatic rings. The number of hydrogen-bond acceptors (Lipinski definition) is 1. The van der Waals surface area contributed by atoms with Crippen molar-refractivity contribution < 1.29 is 21.8 Å². The van der Waals surface area contributed by atoms with Crippen LogP contribution in [0.5, 0.6) is 0 Å². The van der Waals surface area contributed by atoms with Gasteiger partial charge in [0.1, 0.15) is 0 Å². The summed E-state index contributed by atoms with van der Waals surface area (Å²) in [5, 5.41) is 0. The van der Waals surface area contributed by atoms with Gasteiger partial charge in [0.05, 0.1) is 0 Å². The van der Waals surface area contributed by atoms with Crippen LogP contribution in [0.2, 0.25) is 0 Å². The number of nitrogens with zero attached hydrogens (tertiary/aromatic N) is 2. The molecule has 0 radical (unpaired) electrons. The average molecular weight is 191 g/mol. The summed E-state index contributed by atoms with van der Waals surface area (Å²) >= 11 is 2.46. The molecule has 1 aliphatic heterocycles. The Kier molecular flexibility index (Phi) is 2.74. The summed E-state index contributed by atoms with van der Waals surface area (Å²) in [5.74, 6) is 0. The summed E-state index contributed by atoms with van der Waals surface area (Å²) in [6.45, 7) is 6.35. The summed E-state index contributed by atoms with van der Waals surface area (Å²) < 4.78 is 1.10. The van der Waals surface area contributed by atoms with Gasteiger partial charge in [0.2, 0.25) is 0 Å². The molecule has 1 saturated heterocycles. The van der Waals surface area contributed by atoms with Crippen LogP contribution in [0.4, 0.5) is 4.79 Å². The molecule has 0 spiro atoms. The summed E-state index contributed by atoms with van der Waals surface area (Å²) in [6.07, 6.45) is 0. The number of hydrogen-bond donors (Lipinski definition) is 0. The average Bonchev–Trinajstić information content (AvgIpc) is 2.26. The van der Waals surface area contributed by atoms with Crippen LogP contribution in [-0.4, -0.2) is 39.8 Å². The maximum atomic E-state index is 11.4. The van der Waals surface area contributed by atoms with Gasteiger partial charge in [-0.05, 0) is 0 Å². The van der Waals surface area contributed by atoms with Crippen LogP contribution in [0, 0.1) is 0 Å². The standard InChI is InChI=1S/C7H12N2O.V/c1-3-8-5-6-9(4-2)7(8)10;/h3-5H2,1-2H3;. The Hall–Kier alpha value is -0.276. The first-order valence-corrected chi connectivity index (χ1v) is 4.51. The third-order valence-electron chi connectivity index (χ3n) is 1.84. The molecule has 0 unspecified atom stereocenters. The fraction of sp³-hybridized carbons (Fsp3) is 0.714. The predicted molar refractivity (Wildman–Crippen MR) is 40.0 cm³/mol. The van der Waals surface area contributed by atoms with Crippen molar-refractivity contribution in [2.24, 2.45) is 0 Å². The second kappa shape index (κ2) is 3.41. The SMILES string of the molecule is CCN1C[C](=[V])N(CC)C1=O. The van der Waals surface area contributed by atoms with E-state index in [1.54, 1.807) is 4.90 Å². The zero-order valence-electron chi connectivity index (χ0n) is 6.87. The van der Waals surface area contributed by atoms with Crippen LogP contribution in [0.25, 0.3) is 0 Å². The van der Waals surface area contributed by atoms with Crippen LogP contribution < -0.4 is 0 Å². The normalized spacial score (nSPS) is 18.3. The first kappa shape index (κ1) is 8.82. The molecule has 0 aromatic carbocycles. The van der Waals surface area contributed by atoms with Crippen molar-refractivity contribution in [1.29, 1.82) is 0 Å². The van der Waals surface area contributed by atoms with Gasteiger partial charge in [-0.1, -0.05) is 0 Å². The van der Waals surface area contributed by atoms with Gasteiger partial charge in [0, 0.05) is 0 Å². The molecule has 1 heterocycles. The Morgan fingerprint density at radius 1 is 1.45 bits per heavy atom. The number of urea groups is 1. The zero-order chi connectivity index (χ0) is 8.43. The van der Waals surface area contributed by atoms with Gasteiger partial charge in [0.15, 0.2) is 0 Å². The van der Waals surface area contributed by atoms with E-state index in [9.17, 15) is 4.79 Å². The molecular formula is C7H12N2OV. The van der Waals surface area contributed by atoms with Crippen molar-refractivity contribution in [1.82, 2.24) is 9.80 Å². The van der Waals surface area contributed by atoms with Crippen LogP contribution in [0.3, 0.4) is 0 Å². The van der Waals surface area contributed by atoms with E-state index in [1.807, 2.05) is 18.7 Å². The molecule has 0 aromatic heterocycles. The number of rotatable bonds is 2. The Balaban J connectivity index is 2.71. The van der Waals surface area contributed by atoms with Gasteiger partial charge in [0.25, 0.3) is 0 Å². The van der Waals surface area contributed by atoms with Crippen molar-refractivity contribution in [3.63, 3.8) is 0 Å². The Bertz CT molecular complexity index is 193. The molecule has 0 saturated carbocycles.